The minimum Gasteiger partial charge on any atom is -0.284 e. The summed E-state index contributed by atoms with van der Waals surface area (Å²) in [6.07, 6.45) is 2.08. The van der Waals surface area contributed by atoms with Gasteiger partial charge >= 0.3 is 0 Å². The molecule has 0 amide bonds. The number of hydrogen-bond donors (Lipinski definition) is 0. The first-order valence-corrected chi connectivity index (χ1v) is 6.67. The van der Waals surface area contributed by atoms with Crippen LogP contribution < -0.4 is 0 Å². The van der Waals surface area contributed by atoms with Crippen molar-refractivity contribution in [2.45, 2.75) is 59.3 Å². The van der Waals surface area contributed by atoms with Crippen molar-refractivity contribution in [2.75, 3.05) is 0 Å². The summed E-state index contributed by atoms with van der Waals surface area (Å²) >= 11 is 0. The van der Waals surface area contributed by atoms with Crippen LogP contribution in [-0.4, -0.2) is 19.6 Å². The molecule has 2 heterocycles. The number of nitrogens with zero attached hydrogens (tertiary/aromatic N) is 4. The van der Waals surface area contributed by atoms with Gasteiger partial charge in [-0.15, -0.1) is 5.10 Å². The number of fused-ring (bicyclic) bond motifs is 1. The summed E-state index contributed by atoms with van der Waals surface area (Å²) in [6.45, 7) is 12.9. The van der Waals surface area contributed by atoms with E-state index in [2.05, 4.69) is 62.3 Å². The van der Waals surface area contributed by atoms with Crippen molar-refractivity contribution in [3.63, 3.8) is 0 Å². The standard InChI is InChI=1S/C14H22N4/c1-8(2)11-7-18-13(10(5)6)15-12(9(3)4)14(18)17-16-11/h7-10H,1-6H3. The van der Waals surface area contributed by atoms with Gasteiger partial charge in [0, 0.05) is 12.1 Å². The molecule has 0 bridgehead atoms. The zero-order valence-electron chi connectivity index (χ0n) is 12.1. The molecule has 0 saturated carbocycles. The van der Waals surface area contributed by atoms with Gasteiger partial charge in [0.1, 0.15) is 5.82 Å². The highest BCUT2D eigenvalue weighted by atomic mass is 15.2. The average molecular weight is 246 g/mol. The summed E-state index contributed by atoms with van der Waals surface area (Å²) in [6, 6.07) is 0. The van der Waals surface area contributed by atoms with Crippen LogP contribution in [0.4, 0.5) is 0 Å². The average Bonchev–Trinajstić information content (AvgIpc) is 2.67. The molecule has 18 heavy (non-hydrogen) atoms. The van der Waals surface area contributed by atoms with E-state index in [4.69, 9.17) is 4.98 Å². The molecule has 0 N–H and O–H groups in total. The highest BCUT2D eigenvalue weighted by molar-refractivity contribution is 5.47. The lowest BCUT2D eigenvalue weighted by molar-refractivity contribution is 0.730. The topological polar surface area (TPSA) is 43.1 Å². The molecule has 0 unspecified atom stereocenters. The Morgan fingerprint density at radius 3 is 2.06 bits per heavy atom. The Balaban J connectivity index is 2.71. The Labute approximate surface area is 108 Å². The molecule has 98 valence electrons. The normalized spacial score (nSPS) is 12.3. The molecule has 0 fully saturated rings. The lowest BCUT2D eigenvalue weighted by Gasteiger charge is -2.07. The maximum atomic E-state index is 4.75. The van der Waals surface area contributed by atoms with E-state index in [1.54, 1.807) is 0 Å². The van der Waals surface area contributed by atoms with Crippen LogP contribution in [0.3, 0.4) is 0 Å². The first-order chi connectivity index (χ1) is 8.41. The fourth-order valence-electron chi connectivity index (χ4n) is 2.01. The quantitative estimate of drug-likeness (QED) is 0.832. The van der Waals surface area contributed by atoms with Gasteiger partial charge in [-0.05, 0) is 11.8 Å². The largest absolute Gasteiger partial charge is 0.284 e. The Bertz CT molecular complexity index is 552. The van der Waals surface area contributed by atoms with Crippen LogP contribution in [0.15, 0.2) is 6.20 Å². The predicted octanol–water partition coefficient (Wildman–Crippen LogP) is 3.49. The molecule has 0 saturated heterocycles. The summed E-state index contributed by atoms with van der Waals surface area (Å²) in [7, 11) is 0. The molecule has 0 aliphatic rings. The second-order valence-corrected chi connectivity index (χ2v) is 5.77. The van der Waals surface area contributed by atoms with Crippen molar-refractivity contribution >= 4 is 5.65 Å². The number of imidazole rings is 1. The Morgan fingerprint density at radius 2 is 1.56 bits per heavy atom. The van der Waals surface area contributed by atoms with Gasteiger partial charge in [-0.25, -0.2) is 4.98 Å². The van der Waals surface area contributed by atoms with Crippen LogP contribution in [-0.2, 0) is 0 Å². The number of aromatic nitrogens is 4. The van der Waals surface area contributed by atoms with Crippen molar-refractivity contribution in [2.24, 2.45) is 0 Å². The first kappa shape index (κ1) is 13.0. The highest BCUT2D eigenvalue weighted by Gasteiger charge is 2.18. The third-order valence-corrected chi connectivity index (χ3v) is 3.12. The summed E-state index contributed by atoms with van der Waals surface area (Å²) in [5.41, 5.74) is 2.96. The van der Waals surface area contributed by atoms with E-state index in [-0.39, 0.29) is 0 Å². The minimum atomic E-state index is 0.367. The smallest absolute Gasteiger partial charge is 0.182 e. The second-order valence-electron chi connectivity index (χ2n) is 5.77. The number of hydrogen-bond acceptors (Lipinski definition) is 3. The van der Waals surface area contributed by atoms with Crippen LogP contribution in [0.2, 0.25) is 0 Å². The lowest BCUT2D eigenvalue weighted by atomic mass is 10.1. The van der Waals surface area contributed by atoms with Gasteiger partial charge in [-0.2, -0.15) is 5.10 Å². The molecule has 0 aliphatic carbocycles. The van der Waals surface area contributed by atoms with Gasteiger partial charge in [0.05, 0.1) is 11.4 Å². The zero-order chi connectivity index (χ0) is 13.4. The van der Waals surface area contributed by atoms with Crippen LogP contribution in [0.25, 0.3) is 5.65 Å². The van der Waals surface area contributed by atoms with Crippen molar-refractivity contribution < 1.29 is 0 Å². The molecule has 0 spiro atoms. The van der Waals surface area contributed by atoms with E-state index in [0.717, 1.165) is 22.9 Å². The summed E-state index contributed by atoms with van der Waals surface area (Å²) in [5.74, 6) is 2.21. The van der Waals surface area contributed by atoms with Gasteiger partial charge in [0.2, 0.25) is 0 Å². The van der Waals surface area contributed by atoms with Crippen LogP contribution in [0, 0.1) is 0 Å². The molecule has 0 aliphatic heterocycles. The van der Waals surface area contributed by atoms with Gasteiger partial charge < -0.3 is 0 Å². The van der Waals surface area contributed by atoms with Gasteiger partial charge in [0.25, 0.3) is 0 Å². The third-order valence-electron chi connectivity index (χ3n) is 3.12. The predicted molar refractivity (Wildman–Crippen MR) is 73.0 cm³/mol. The van der Waals surface area contributed by atoms with Gasteiger partial charge in [-0.1, -0.05) is 41.5 Å². The highest BCUT2D eigenvalue weighted by Crippen LogP contribution is 2.24. The molecule has 0 aromatic carbocycles. The fourth-order valence-corrected chi connectivity index (χ4v) is 2.01. The number of rotatable bonds is 3. The molecule has 0 atom stereocenters. The van der Waals surface area contributed by atoms with Gasteiger partial charge in [-0.3, -0.25) is 4.40 Å². The first-order valence-electron chi connectivity index (χ1n) is 6.67. The van der Waals surface area contributed by atoms with Crippen LogP contribution >= 0.6 is 0 Å². The van der Waals surface area contributed by atoms with Gasteiger partial charge in [0.15, 0.2) is 5.65 Å². The Morgan fingerprint density at radius 1 is 0.889 bits per heavy atom. The summed E-state index contributed by atoms with van der Waals surface area (Å²) < 4.78 is 2.11. The molecular formula is C14H22N4. The van der Waals surface area contributed by atoms with E-state index in [1.165, 1.54) is 0 Å². The molecule has 2 rings (SSSR count). The van der Waals surface area contributed by atoms with Crippen LogP contribution in [0.1, 0.15) is 76.5 Å². The lowest BCUT2D eigenvalue weighted by Crippen LogP contribution is -2.03. The molecule has 0 radical (unpaired) electrons. The molecule has 4 nitrogen and oxygen atoms in total. The van der Waals surface area contributed by atoms with E-state index < -0.39 is 0 Å². The molecule has 2 aromatic heterocycles. The van der Waals surface area contributed by atoms with E-state index in [9.17, 15) is 0 Å². The Hall–Kier alpha value is -1.45. The van der Waals surface area contributed by atoms with Crippen molar-refractivity contribution in [1.82, 2.24) is 19.6 Å². The maximum Gasteiger partial charge on any atom is 0.182 e. The summed E-state index contributed by atoms with van der Waals surface area (Å²) in [4.78, 5) is 4.75. The van der Waals surface area contributed by atoms with E-state index in [0.29, 0.717) is 17.8 Å². The second kappa shape index (κ2) is 4.67. The Kier molecular flexibility index (Phi) is 3.37. The van der Waals surface area contributed by atoms with Crippen molar-refractivity contribution in [1.29, 1.82) is 0 Å². The third kappa shape index (κ3) is 2.11. The molecule has 4 heteroatoms. The monoisotopic (exact) mass is 246 g/mol. The maximum absolute atomic E-state index is 4.75. The van der Waals surface area contributed by atoms with E-state index in [1.807, 2.05) is 0 Å². The van der Waals surface area contributed by atoms with Crippen molar-refractivity contribution in [3.8, 4) is 0 Å². The van der Waals surface area contributed by atoms with E-state index >= 15 is 0 Å². The molecular weight excluding hydrogens is 224 g/mol. The minimum absolute atomic E-state index is 0.367. The fraction of sp³-hybridized carbons (Fsp3) is 0.643. The van der Waals surface area contributed by atoms with Crippen LogP contribution in [0.5, 0.6) is 0 Å². The SMILES string of the molecule is CC(C)c1cn2c(C(C)C)nc(C(C)C)c2nn1. The summed E-state index contributed by atoms with van der Waals surface area (Å²) in [5, 5.41) is 8.69. The molecule has 2 aromatic rings. The zero-order valence-corrected chi connectivity index (χ0v) is 12.1. The van der Waals surface area contributed by atoms with Crippen molar-refractivity contribution in [3.05, 3.63) is 23.4 Å².